The molecule has 0 amide bonds. The Balaban J connectivity index is 2.28. The molecule has 1 aliphatic heterocycles. The van der Waals surface area contributed by atoms with Crippen LogP contribution in [0.25, 0.3) is 0 Å². The Bertz CT molecular complexity index is 717. The van der Waals surface area contributed by atoms with Crippen LogP contribution < -0.4 is 0 Å². The molecule has 0 spiro atoms. The zero-order valence-electron chi connectivity index (χ0n) is 10.2. The molecule has 1 saturated heterocycles. The molecule has 0 atom stereocenters. The average molecular weight is 341 g/mol. The molecule has 0 radical (unpaired) electrons. The van der Waals surface area contributed by atoms with Crippen molar-refractivity contribution in [1.29, 1.82) is 0 Å². The standard InChI is InChI=1S/C10H12FNO5S3/c11-19(14,15)9-1-3-10(4-2-9)20(16,17)12-5-7-18(13)8-6-12/h1-4H,5-8H2. The molecule has 0 aliphatic carbocycles. The van der Waals surface area contributed by atoms with Crippen LogP contribution in [0, 0.1) is 0 Å². The van der Waals surface area contributed by atoms with Crippen LogP contribution >= 0.6 is 0 Å². The van der Waals surface area contributed by atoms with Gasteiger partial charge in [-0.1, -0.05) is 0 Å². The Morgan fingerprint density at radius 3 is 1.85 bits per heavy atom. The highest BCUT2D eigenvalue weighted by atomic mass is 32.3. The molecule has 1 aliphatic rings. The van der Waals surface area contributed by atoms with Gasteiger partial charge in [-0.3, -0.25) is 4.21 Å². The third kappa shape index (κ3) is 3.25. The van der Waals surface area contributed by atoms with Crippen LogP contribution in [0.1, 0.15) is 0 Å². The number of benzene rings is 1. The molecule has 0 saturated carbocycles. The minimum absolute atomic E-state index is 0.113. The molecular weight excluding hydrogens is 329 g/mol. The van der Waals surface area contributed by atoms with Crippen molar-refractivity contribution in [3.8, 4) is 0 Å². The molecule has 0 unspecified atom stereocenters. The SMILES string of the molecule is O=S1CCN(S(=O)(=O)c2ccc(S(=O)(=O)F)cc2)CC1. The highest BCUT2D eigenvalue weighted by molar-refractivity contribution is 7.89. The van der Waals surface area contributed by atoms with E-state index in [-0.39, 0.29) is 29.5 Å². The van der Waals surface area contributed by atoms with Gasteiger partial charge in [0.2, 0.25) is 10.0 Å². The predicted octanol–water partition coefficient (Wildman–Crippen LogP) is 0.0978. The van der Waals surface area contributed by atoms with Crippen molar-refractivity contribution in [2.24, 2.45) is 0 Å². The van der Waals surface area contributed by atoms with Crippen LogP contribution in [0.15, 0.2) is 34.1 Å². The molecule has 1 fully saturated rings. The monoisotopic (exact) mass is 341 g/mol. The van der Waals surface area contributed by atoms with E-state index in [9.17, 15) is 24.9 Å². The summed E-state index contributed by atoms with van der Waals surface area (Å²) in [6.07, 6.45) is 0. The van der Waals surface area contributed by atoms with Crippen LogP contribution in [0.5, 0.6) is 0 Å². The van der Waals surface area contributed by atoms with Crippen molar-refractivity contribution in [2.45, 2.75) is 9.79 Å². The largest absolute Gasteiger partial charge is 0.332 e. The first kappa shape index (κ1) is 15.5. The van der Waals surface area contributed by atoms with Crippen molar-refractivity contribution in [3.05, 3.63) is 24.3 Å². The van der Waals surface area contributed by atoms with Crippen molar-refractivity contribution in [1.82, 2.24) is 4.31 Å². The highest BCUT2D eigenvalue weighted by Crippen LogP contribution is 2.20. The minimum Gasteiger partial charge on any atom is -0.259 e. The fourth-order valence-electron chi connectivity index (χ4n) is 1.78. The third-order valence-corrected chi connectivity index (χ3v) is 6.90. The molecule has 1 aromatic rings. The highest BCUT2D eigenvalue weighted by Gasteiger charge is 2.28. The molecule has 0 bridgehead atoms. The number of sulfonamides is 1. The van der Waals surface area contributed by atoms with Gasteiger partial charge in [0.05, 0.1) is 9.79 Å². The molecule has 0 aromatic heterocycles. The molecule has 112 valence electrons. The van der Waals surface area contributed by atoms with Crippen molar-refractivity contribution in [2.75, 3.05) is 24.6 Å². The van der Waals surface area contributed by atoms with E-state index in [4.69, 9.17) is 0 Å². The summed E-state index contributed by atoms with van der Waals surface area (Å²) in [5.74, 6) is 0.548. The second-order valence-corrected chi connectivity index (χ2v) is 9.14. The number of nitrogens with zero attached hydrogens (tertiary/aromatic N) is 1. The van der Waals surface area contributed by atoms with Crippen molar-refractivity contribution >= 4 is 31.0 Å². The van der Waals surface area contributed by atoms with Crippen LogP contribution in [0.4, 0.5) is 3.89 Å². The van der Waals surface area contributed by atoms with Gasteiger partial charge in [0.15, 0.2) is 0 Å². The second kappa shape index (κ2) is 5.51. The summed E-state index contributed by atoms with van der Waals surface area (Å²) < 4.78 is 70.9. The lowest BCUT2D eigenvalue weighted by molar-refractivity contribution is 0.438. The average Bonchev–Trinajstić information content (AvgIpc) is 2.38. The van der Waals surface area contributed by atoms with Gasteiger partial charge in [0.25, 0.3) is 0 Å². The maximum Gasteiger partial charge on any atom is 0.332 e. The van der Waals surface area contributed by atoms with Gasteiger partial charge in [-0.25, -0.2) is 8.42 Å². The summed E-state index contributed by atoms with van der Waals surface area (Å²) >= 11 is 0. The summed E-state index contributed by atoms with van der Waals surface area (Å²) in [5.41, 5.74) is 0. The number of rotatable bonds is 3. The first-order valence-corrected chi connectivity index (χ1v) is 9.92. The Morgan fingerprint density at radius 1 is 0.950 bits per heavy atom. The minimum atomic E-state index is -4.85. The molecule has 1 aromatic carbocycles. The maximum absolute atomic E-state index is 12.7. The normalized spacial score (nSPS) is 19.1. The number of hydrogen-bond acceptors (Lipinski definition) is 5. The third-order valence-electron chi connectivity index (χ3n) is 2.88. The summed E-state index contributed by atoms with van der Waals surface area (Å²) in [7, 11) is -9.61. The zero-order chi connectivity index (χ0) is 15.0. The molecular formula is C10H12FNO5S3. The number of hydrogen-bond donors (Lipinski definition) is 0. The topological polar surface area (TPSA) is 88.6 Å². The second-order valence-electron chi connectivity index (χ2n) is 4.16. The van der Waals surface area contributed by atoms with E-state index >= 15 is 0 Å². The summed E-state index contributed by atoms with van der Waals surface area (Å²) in [6, 6.07) is 3.91. The van der Waals surface area contributed by atoms with E-state index in [1.807, 2.05) is 0 Å². The lowest BCUT2D eigenvalue weighted by Gasteiger charge is -2.25. The van der Waals surface area contributed by atoms with Gasteiger partial charge in [0.1, 0.15) is 0 Å². The molecule has 6 nitrogen and oxygen atoms in total. The fraction of sp³-hybridized carbons (Fsp3) is 0.400. The quantitative estimate of drug-likeness (QED) is 0.728. The van der Waals surface area contributed by atoms with E-state index < -0.39 is 35.9 Å². The van der Waals surface area contributed by atoms with Crippen molar-refractivity contribution in [3.63, 3.8) is 0 Å². The van der Waals surface area contributed by atoms with Crippen LogP contribution in [-0.4, -0.2) is 49.9 Å². The smallest absolute Gasteiger partial charge is 0.259 e. The molecule has 2 rings (SSSR count). The molecule has 10 heteroatoms. The first-order valence-electron chi connectivity index (χ1n) is 5.61. The lowest BCUT2D eigenvalue weighted by Crippen LogP contribution is -2.41. The molecule has 1 heterocycles. The van der Waals surface area contributed by atoms with E-state index in [1.165, 1.54) is 4.31 Å². The van der Waals surface area contributed by atoms with Gasteiger partial charge in [-0.2, -0.15) is 12.7 Å². The maximum atomic E-state index is 12.7. The Kier molecular flexibility index (Phi) is 4.28. The van der Waals surface area contributed by atoms with Crippen LogP contribution in [0.3, 0.4) is 0 Å². The van der Waals surface area contributed by atoms with Gasteiger partial charge >= 0.3 is 10.2 Å². The van der Waals surface area contributed by atoms with E-state index in [0.717, 1.165) is 24.3 Å². The molecule has 20 heavy (non-hydrogen) atoms. The van der Waals surface area contributed by atoms with Crippen LogP contribution in [-0.2, 0) is 31.0 Å². The first-order chi connectivity index (χ1) is 9.21. The number of halogens is 1. The molecule has 0 N–H and O–H groups in total. The fourth-order valence-corrected chi connectivity index (χ4v) is 4.97. The van der Waals surface area contributed by atoms with E-state index in [2.05, 4.69) is 0 Å². The van der Waals surface area contributed by atoms with Gasteiger partial charge in [-0.15, -0.1) is 3.89 Å². The Hall–Kier alpha value is -0.840. The Labute approximate surface area is 119 Å². The summed E-state index contributed by atoms with van der Waals surface area (Å²) in [5, 5.41) is 0. The summed E-state index contributed by atoms with van der Waals surface area (Å²) in [4.78, 5) is -0.700. The predicted molar refractivity (Wildman–Crippen MR) is 71.4 cm³/mol. The lowest BCUT2D eigenvalue weighted by atomic mass is 10.4. The van der Waals surface area contributed by atoms with E-state index in [0.29, 0.717) is 0 Å². The van der Waals surface area contributed by atoms with Crippen LogP contribution in [0.2, 0.25) is 0 Å². The van der Waals surface area contributed by atoms with E-state index in [1.54, 1.807) is 0 Å². The van der Waals surface area contributed by atoms with Gasteiger partial charge in [-0.05, 0) is 24.3 Å². The zero-order valence-corrected chi connectivity index (χ0v) is 12.7. The Morgan fingerprint density at radius 2 is 1.40 bits per heavy atom. The van der Waals surface area contributed by atoms with Crippen molar-refractivity contribution < 1.29 is 24.9 Å². The summed E-state index contributed by atoms with van der Waals surface area (Å²) in [6.45, 7) is 0.302. The van der Waals surface area contributed by atoms with Gasteiger partial charge in [0, 0.05) is 35.4 Å². The van der Waals surface area contributed by atoms with Gasteiger partial charge < -0.3 is 0 Å².